The molecule has 1 aromatic rings. The molecule has 1 atom stereocenters. The molecule has 1 aliphatic rings. The topological polar surface area (TPSA) is 30.5 Å². The van der Waals surface area contributed by atoms with Gasteiger partial charge >= 0.3 is 0 Å². The summed E-state index contributed by atoms with van der Waals surface area (Å²) in [5.41, 5.74) is 2.52. The minimum atomic E-state index is 0.290. The second-order valence-electron chi connectivity index (χ2n) is 4.74. The monoisotopic (exact) mass is 249 g/mol. The van der Waals surface area contributed by atoms with Gasteiger partial charge in [-0.15, -0.1) is 0 Å². The van der Waals surface area contributed by atoms with Crippen molar-refractivity contribution in [1.29, 1.82) is 0 Å². The van der Waals surface area contributed by atoms with Gasteiger partial charge in [0, 0.05) is 12.0 Å². The van der Waals surface area contributed by atoms with Crippen LogP contribution in [0.4, 0.5) is 0 Å². The molecule has 100 valence electrons. The number of hydrogen-bond acceptors (Lipinski definition) is 3. The largest absolute Gasteiger partial charge is 0.494 e. The third kappa shape index (κ3) is 2.96. The molecule has 3 nitrogen and oxygen atoms in total. The average Bonchev–Trinajstić information content (AvgIpc) is 2.69. The van der Waals surface area contributed by atoms with Crippen LogP contribution < -0.4 is 14.8 Å². The third-order valence-corrected chi connectivity index (χ3v) is 3.20. The first-order chi connectivity index (χ1) is 8.74. The molecule has 1 aliphatic heterocycles. The molecule has 0 radical (unpaired) electrons. The molecule has 0 spiro atoms. The van der Waals surface area contributed by atoms with Crippen molar-refractivity contribution in [2.75, 3.05) is 19.7 Å². The van der Waals surface area contributed by atoms with Crippen LogP contribution in [0.2, 0.25) is 0 Å². The number of benzene rings is 1. The van der Waals surface area contributed by atoms with Crippen molar-refractivity contribution >= 4 is 0 Å². The number of fused-ring (bicyclic) bond motifs is 1. The number of hydrogen-bond donors (Lipinski definition) is 1. The van der Waals surface area contributed by atoms with E-state index in [1.165, 1.54) is 11.1 Å². The van der Waals surface area contributed by atoms with Crippen LogP contribution in [-0.4, -0.2) is 25.8 Å². The van der Waals surface area contributed by atoms with Crippen molar-refractivity contribution in [3.05, 3.63) is 23.3 Å². The summed E-state index contributed by atoms with van der Waals surface area (Å²) < 4.78 is 11.6. The number of ether oxygens (including phenoxy) is 2. The van der Waals surface area contributed by atoms with Gasteiger partial charge < -0.3 is 14.8 Å². The van der Waals surface area contributed by atoms with E-state index in [0.29, 0.717) is 12.7 Å². The Hall–Kier alpha value is -1.22. The second-order valence-corrected chi connectivity index (χ2v) is 4.74. The molecule has 0 saturated heterocycles. The molecular weight excluding hydrogens is 226 g/mol. The van der Waals surface area contributed by atoms with Gasteiger partial charge in [-0.1, -0.05) is 6.92 Å². The maximum absolute atomic E-state index is 5.81. The van der Waals surface area contributed by atoms with Crippen LogP contribution in [0.3, 0.4) is 0 Å². The predicted octanol–water partition coefficient (Wildman–Crippen LogP) is 2.56. The van der Waals surface area contributed by atoms with E-state index in [1.54, 1.807) is 0 Å². The first-order valence-electron chi connectivity index (χ1n) is 6.90. The van der Waals surface area contributed by atoms with E-state index in [4.69, 9.17) is 9.47 Å². The molecule has 1 heterocycles. The van der Waals surface area contributed by atoms with Crippen LogP contribution in [0.1, 0.15) is 31.9 Å². The summed E-state index contributed by atoms with van der Waals surface area (Å²) in [6, 6.07) is 4.31. The second kappa shape index (κ2) is 6.10. The van der Waals surface area contributed by atoms with E-state index < -0.39 is 0 Å². The van der Waals surface area contributed by atoms with Crippen molar-refractivity contribution in [1.82, 2.24) is 5.32 Å². The zero-order valence-electron chi connectivity index (χ0n) is 11.6. The summed E-state index contributed by atoms with van der Waals surface area (Å²) in [5, 5.41) is 3.35. The van der Waals surface area contributed by atoms with Gasteiger partial charge in [0.05, 0.1) is 6.61 Å². The minimum absolute atomic E-state index is 0.290. The maximum Gasteiger partial charge on any atom is 0.123 e. The van der Waals surface area contributed by atoms with Gasteiger partial charge in [-0.25, -0.2) is 0 Å². The van der Waals surface area contributed by atoms with Crippen molar-refractivity contribution in [3.63, 3.8) is 0 Å². The first-order valence-corrected chi connectivity index (χ1v) is 6.90. The molecule has 2 rings (SSSR count). The average molecular weight is 249 g/mol. The lowest BCUT2D eigenvalue weighted by Gasteiger charge is -2.12. The zero-order chi connectivity index (χ0) is 13.0. The molecule has 1 aromatic carbocycles. The summed E-state index contributed by atoms with van der Waals surface area (Å²) in [6.07, 6.45) is 2.26. The first kappa shape index (κ1) is 13.2. The summed E-state index contributed by atoms with van der Waals surface area (Å²) in [5.74, 6) is 2.06. The number of nitrogens with one attached hydrogen (secondary N) is 1. The minimum Gasteiger partial charge on any atom is -0.494 e. The molecule has 0 fully saturated rings. The van der Waals surface area contributed by atoms with Crippen LogP contribution >= 0.6 is 0 Å². The van der Waals surface area contributed by atoms with Gasteiger partial charge in [0.2, 0.25) is 0 Å². The lowest BCUT2D eigenvalue weighted by molar-refractivity contribution is 0.254. The molecule has 1 N–H and O–H groups in total. The summed E-state index contributed by atoms with van der Waals surface area (Å²) in [6.45, 7) is 8.95. The van der Waals surface area contributed by atoms with Crippen LogP contribution in [0, 0.1) is 0 Å². The standard InChI is InChI=1S/C15H23NO2/c1-4-16-7-6-12-9-15-13(8-11(3)18-15)10-14(12)17-5-2/h9-11,16H,4-8H2,1-3H3. The molecule has 0 amide bonds. The molecule has 1 unspecified atom stereocenters. The fourth-order valence-electron chi connectivity index (χ4n) is 2.37. The Labute approximate surface area is 109 Å². The van der Waals surface area contributed by atoms with E-state index in [2.05, 4.69) is 31.3 Å². The lowest BCUT2D eigenvalue weighted by atomic mass is 10.0. The van der Waals surface area contributed by atoms with Crippen molar-refractivity contribution < 1.29 is 9.47 Å². The number of rotatable bonds is 6. The van der Waals surface area contributed by atoms with Crippen LogP contribution in [0.15, 0.2) is 12.1 Å². The molecule has 0 aliphatic carbocycles. The Morgan fingerprint density at radius 2 is 2.22 bits per heavy atom. The van der Waals surface area contributed by atoms with Crippen molar-refractivity contribution in [2.45, 2.75) is 39.7 Å². The smallest absolute Gasteiger partial charge is 0.123 e. The normalized spacial score (nSPS) is 17.4. The zero-order valence-corrected chi connectivity index (χ0v) is 11.6. The molecule has 0 aromatic heterocycles. The Kier molecular flexibility index (Phi) is 4.48. The van der Waals surface area contributed by atoms with Crippen molar-refractivity contribution in [3.8, 4) is 11.5 Å². The van der Waals surface area contributed by atoms with Gasteiger partial charge in [-0.05, 0) is 51.1 Å². The predicted molar refractivity (Wildman–Crippen MR) is 73.7 cm³/mol. The van der Waals surface area contributed by atoms with Crippen LogP contribution in [-0.2, 0) is 12.8 Å². The van der Waals surface area contributed by atoms with E-state index >= 15 is 0 Å². The van der Waals surface area contributed by atoms with Crippen LogP contribution in [0.5, 0.6) is 11.5 Å². The van der Waals surface area contributed by atoms with E-state index in [-0.39, 0.29) is 0 Å². The molecular formula is C15H23NO2. The SMILES string of the molecule is CCNCCc1cc2c(cc1OCC)CC(C)O2. The highest BCUT2D eigenvalue weighted by Crippen LogP contribution is 2.35. The Bertz CT molecular complexity index is 404. The number of likely N-dealkylation sites (N-methyl/N-ethyl adjacent to an activating group) is 1. The van der Waals surface area contributed by atoms with Crippen molar-refractivity contribution in [2.24, 2.45) is 0 Å². The Morgan fingerprint density at radius 3 is 2.94 bits per heavy atom. The van der Waals surface area contributed by atoms with Gasteiger partial charge in [0.1, 0.15) is 17.6 Å². The van der Waals surface area contributed by atoms with Gasteiger partial charge in [-0.3, -0.25) is 0 Å². The summed E-state index contributed by atoms with van der Waals surface area (Å²) in [7, 11) is 0. The highest BCUT2D eigenvalue weighted by atomic mass is 16.5. The summed E-state index contributed by atoms with van der Waals surface area (Å²) >= 11 is 0. The van der Waals surface area contributed by atoms with Gasteiger partial charge in [-0.2, -0.15) is 0 Å². The fraction of sp³-hybridized carbons (Fsp3) is 0.600. The van der Waals surface area contributed by atoms with Crippen LogP contribution in [0.25, 0.3) is 0 Å². The molecule has 18 heavy (non-hydrogen) atoms. The fourth-order valence-corrected chi connectivity index (χ4v) is 2.37. The van der Waals surface area contributed by atoms with E-state index in [9.17, 15) is 0 Å². The quantitative estimate of drug-likeness (QED) is 0.786. The Balaban J connectivity index is 2.18. The molecule has 0 saturated carbocycles. The third-order valence-electron chi connectivity index (χ3n) is 3.20. The highest BCUT2D eigenvalue weighted by molar-refractivity contribution is 5.48. The maximum atomic E-state index is 5.81. The van der Waals surface area contributed by atoms with Gasteiger partial charge in [0.15, 0.2) is 0 Å². The van der Waals surface area contributed by atoms with Gasteiger partial charge in [0.25, 0.3) is 0 Å². The molecule has 3 heteroatoms. The van der Waals surface area contributed by atoms with E-state index in [1.807, 2.05) is 6.92 Å². The highest BCUT2D eigenvalue weighted by Gasteiger charge is 2.21. The summed E-state index contributed by atoms with van der Waals surface area (Å²) in [4.78, 5) is 0. The Morgan fingerprint density at radius 1 is 1.39 bits per heavy atom. The lowest BCUT2D eigenvalue weighted by Crippen LogP contribution is -2.16. The van der Waals surface area contributed by atoms with E-state index in [0.717, 1.165) is 37.4 Å². The molecule has 0 bridgehead atoms.